The first kappa shape index (κ1) is 21.7. The van der Waals surface area contributed by atoms with Gasteiger partial charge in [0.1, 0.15) is 16.9 Å². The number of carbonyl (C=O) groups excluding carboxylic acids is 2. The Balaban J connectivity index is 1.31. The van der Waals surface area contributed by atoms with Crippen LogP contribution in [0.1, 0.15) is 41.6 Å². The smallest absolute Gasteiger partial charge is 0.306 e. The van der Waals surface area contributed by atoms with Crippen molar-refractivity contribution >= 4 is 39.1 Å². The molecule has 2 N–H and O–H groups in total. The van der Waals surface area contributed by atoms with Gasteiger partial charge in [0, 0.05) is 11.3 Å². The summed E-state index contributed by atoms with van der Waals surface area (Å²) in [6.07, 6.45) is 2.94. The number of para-hydroxylation sites is 1. The average molecular weight is 451 g/mol. The number of H-pyrrole nitrogens is 1. The second-order valence-electron chi connectivity index (χ2n) is 7.91. The fourth-order valence-electron chi connectivity index (χ4n) is 3.81. The number of nitrogens with zero attached hydrogens (tertiary/aromatic N) is 2. The van der Waals surface area contributed by atoms with Gasteiger partial charge in [-0.05, 0) is 42.9 Å². The number of thiophene rings is 1. The molecule has 4 rings (SSSR count). The van der Waals surface area contributed by atoms with Crippen molar-refractivity contribution in [3.8, 4) is 6.07 Å². The molecule has 2 heterocycles. The lowest BCUT2D eigenvalue weighted by molar-refractivity contribution is -0.147. The fourth-order valence-corrected chi connectivity index (χ4v) is 5.19. The monoisotopic (exact) mass is 450 g/mol. The lowest BCUT2D eigenvalue weighted by Crippen LogP contribution is -2.21. The number of hydrogen-bond donors (Lipinski definition) is 2. The third kappa shape index (κ3) is 4.70. The van der Waals surface area contributed by atoms with Crippen molar-refractivity contribution in [1.29, 1.82) is 5.26 Å². The van der Waals surface area contributed by atoms with E-state index in [1.54, 1.807) is 24.3 Å². The van der Waals surface area contributed by atoms with Crippen molar-refractivity contribution in [3.05, 3.63) is 56.4 Å². The van der Waals surface area contributed by atoms with Crippen LogP contribution in [-0.4, -0.2) is 28.5 Å². The number of aromatic nitrogens is 2. The fraction of sp³-hybridized carbons (Fsp3) is 0.348. The Bertz CT molecular complexity index is 1290. The summed E-state index contributed by atoms with van der Waals surface area (Å²) < 4.78 is 5.06. The predicted molar refractivity (Wildman–Crippen MR) is 120 cm³/mol. The first-order valence-corrected chi connectivity index (χ1v) is 11.2. The zero-order chi connectivity index (χ0) is 22.7. The van der Waals surface area contributed by atoms with E-state index < -0.39 is 18.5 Å². The van der Waals surface area contributed by atoms with Gasteiger partial charge in [-0.3, -0.25) is 14.4 Å². The molecule has 1 aromatic carbocycles. The largest absolute Gasteiger partial charge is 0.456 e. The third-order valence-corrected chi connectivity index (χ3v) is 6.64. The molecule has 0 bridgehead atoms. The highest BCUT2D eigenvalue weighted by molar-refractivity contribution is 7.16. The van der Waals surface area contributed by atoms with Crippen molar-refractivity contribution in [2.75, 3.05) is 11.9 Å². The molecular weight excluding hydrogens is 428 g/mol. The van der Waals surface area contributed by atoms with E-state index in [1.807, 2.05) is 0 Å². The van der Waals surface area contributed by atoms with Gasteiger partial charge in [0.15, 0.2) is 6.61 Å². The summed E-state index contributed by atoms with van der Waals surface area (Å²) in [5, 5.41) is 13.2. The molecule has 1 unspecified atom stereocenters. The van der Waals surface area contributed by atoms with Gasteiger partial charge < -0.3 is 15.0 Å². The molecule has 32 heavy (non-hydrogen) atoms. The molecule has 0 saturated carbocycles. The second-order valence-corrected chi connectivity index (χ2v) is 9.01. The summed E-state index contributed by atoms with van der Waals surface area (Å²) >= 11 is 1.43. The predicted octanol–water partition coefficient (Wildman–Crippen LogP) is 3.10. The molecule has 1 aliphatic rings. The molecule has 1 amide bonds. The van der Waals surface area contributed by atoms with Gasteiger partial charge in [-0.2, -0.15) is 5.26 Å². The molecule has 3 aromatic rings. The summed E-state index contributed by atoms with van der Waals surface area (Å²) in [5.74, 6) is -0.120. The number of carbonyl (C=O) groups is 2. The molecule has 0 aliphatic heterocycles. The van der Waals surface area contributed by atoms with Gasteiger partial charge in [-0.1, -0.05) is 19.1 Å². The highest BCUT2D eigenvalue weighted by Gasteiger charge is 2.24. The summed E-state index contributed by atoms with van der Waals surface area (Å²) in [6.45, 7) is 1.74. The quantitative estimate of drug-likeness (QED) is 0.556. The minimum atomic E-state index is -0.573. The molecule has 9 heteroatoms. The molecule has 2 aromatic heterocycles. The Morgan fingerprint density at radius 2 is 2.19 bits per heavy atom. The molecule has 1 atom stereocenters. The Hall–Kier alpha value is -3.51. The van der Waals surface area contributed by atoms with Crippen LogP contribution in [0.5, 0.6) is 0 Å². The van der Waals surface area contributed by atoms with Gasteiger partial charge in [0.05, 0.1) is 22.9 Å². The zero-order valence-corrected chi connectivity index (χ0v) is 18.4. The van der Waals surface area contributed by atoms with Gasteiger partial charge in [-0.15, -0.1) is 11.3 Å². The Labute approximate surface area is 188 Å². The van der Waals surface area contributed by atoms with E-state index in [4.69, 9.17) is 4.74 Å². The van der Waals surface area contributed by atoms with E-state index in [2.05, 4.69) is 28.3 Å². The van der Waals surface area contributed by atoms with Crippen molar-refractivity contribution in [1.82, 2.24) is 9.97 Å². The number of amides is 1. The van der Waals surface area contributed by atoms with Gasteiger partial charge in [0.25, 0.3) is 11.5 Å². The van der Waals surface area contributed by atoms with Crippen LogP contribution in [0, 0.1) is 17.2 Å². The Morgan fingerprint density at radius 3 is 3.00 bits per heavy atom. The van der Waals surface area contributed by atoms with Crippen molar-refractivity contribution in [2.45, 2.75) is 39.0 Å². The maximum absolute atomic E-state index is 12.3. The minimum absolute atomic E-state index is 0.0246. The van der Waals surface area contributed by atoms with Crippen LogP contribution in [0.4, 0.5) is 5.00 Å². The van der Waals surface area contributed by atoms with Crippen LogP contribution >= 0.6 is 11.3 Å². The van der Waals surface area contributed by atoms with Crippen LogP contribution in [0.2, 0.25) is 0 Å². The van der Waals surface area contributed by atoms with Crippen molar-refractivity contribution < 1.29 is 14.3 Å². The highest BCUT2D eigenvalue weighted by atomic mass is 32.1. The summed E-state index contributed by atoms with van der Waals surface area (Å²) in [6, 6.07) is 9.15. The number of esters is 1. The molecule has 0 saturated heterocycles. The van der Waals surface area contributed by atoms with Gasteiger partial charge in [0.2, 0.25) is 0 Å². The average Bonchev–Trinajstić information content (AvgIpc) is 3.12. The lowest BCUT2D eigenvalue weighted by atomic mass is 9.89. The van der Waals surface area contributed by atoms with E-state index in [9.17, 15) is 19.6 Å². The van der Waals surface area contributed by atoms with Crippen LogP contribution < -0.4 is 10.9 Å². The topological polar surface area (TPSA) is 125 Å². The molecule has 0 spiro atoms. The molecule has 8 nitrogen and oxygen atoms in total. The van der Waals surface area contributed by atoms with E-state index in [1.165, 1.54) is 11.3 Å². The summed E-state index contributed by atoms with van der Waals surface area (Å²) in [7, 11) is 0. The first-order valence-electron chi connectivity index (χ1n) is 10.4. The number of anilines is 1. The number of fused-ring (bicyclic) bond motifs is 2. The molecule has 164 valence electrons. The van der Waals surface area contributed by atoms with Gasteiger partial charge in [-0.25, -0.2) is 4.98 Å². The Morgan fingerprint density at radius 1 is 1.38 bits per heavy atom. The minimum Gasteiger partial charge on any atom is -0.456 e. The van der Waals surface area contributed by atoms with Crippen LogP contribution in [0.3, 0.4) is 0 Å². The molecule has 0 fully saturated rings. The maximum atomic E-state index is 12.3. The standard InChI is InChI=1S/C23H22N4O4S/c1-13-6-7-14-16(11-24)23(32-18(14)10-13)27-20(28)12-31-21(29)9-8-19-25-17-5-3-2-4-15(17)22(30)26-19/h2-5,13H,6-10,12H2,1H3,(H,27,28)(H,25,26,30). The summed E-state index contributed by atoms with van der Waals surface area (Å²) in [4.78, 5) is 44.6. The first-order chi connectivity index (χ1) is 15.4. The number of nitrogens with one attached hydrogen (secondary N) is 2. The Kier molecular flexibility index (Phi) is 6.32. The van der Waals surface area contributed by atoms with E-state index in [0.29, 0.717) is 33.2 Å². The highest BCUT2D eigenvalue weighted by Crippen LogP contribution is 2.39. The van der Waals surface area contributed by atoms with E-state index >= 15 is 0 Å². The number of hydrogen-bond acceptors (Lipinski definition) is 7. The SMILES string of the molecule is CC1CCc2c(sc(NC(=O)COC(=O)CCc3nc4ccccc4c(=O)[nH]3)c2C#N)C1. The number of benzene rings is 1. The van der Waals surface area contributed by atoms with E-state index in [-0.39, 0.29) is 18.4 Å². The molecule has 1 aliphatic carbocycles. The second kappa shape index (κ2) is 9.32. The van der Waals surface area contributed by atoms with Crippen molar-refractivity contribution in [2.24, 2.45) is 5.92 Å². The third-order valence-electron chi connectivity index (χ3n) is 5.47. The van der Waals surface area contributed by atoms with Crippen molar-refractivity contribution in [3.63, 3.8) is 0 Å². The number of ether oxygens (including phenoxy) is 1. The summed E-state index contributed by atoms with van der Waals surface area (Å²) in [5.41, 5.74) is 1.84. The van der Waals surface area contributed by atoms with Crippen LogP contribution in [-0.2, 0) is 33.6 Å². The normalized spacial score (nSPS) is 15.1. The molecule has 0 radical (unpaired) electrons. The van der Waals surface area contributed by atoms with Crippen LogP contribution in [0.25, 0.3) is 10.9 Å². The van der Waals surface area contributed by atoms with E-state index in [0.717, 1.165) is 29.7 Å². The zero-order valence-electron chi connectivity index (χ0n) is 17.6. The number of rotatable bonds is 6. The number of aryl methyl sites for hydroxylation is 1. The molecular formula is C23H22N4O4S. The van der Waals surface area contributed by atoms with Gasteiger partial charge >= 0.3 is 5.97 Å². The number of nitriles is 1. The number of aromatic amines is 1. The van der Waals surface area contributed by atoms with Crippen LogP contribution in [0.15, 0.2) is 29.1 Å². The lowest BCUT2D eigenvalue weighted by Gasteiger charge is -2.17. The maximum Gasteiger partial charge on any atom is 0.306 e.